The van der Waals surface area contributed by atoms with Crippen molar-refractivity contribution in [2.45, 2.75) is 0 Å². The molecular weight excluding hydrogens is 187 g/mol. The van der Waals surface area contributed by atoms with Crippen molar-refractivity contribution in [1.82, 2.24) is 20.2 Å². The number of nitrogens with zero attached hydrogens (tertiary/aromatic N) is 3. The summed E-state index contributed by atoms with van der Waals surface area (Å²) in [5.74, 6) is -0.366. The number of hydrogen-bond donors (Lipinski definition) is 1. The molecule has 5 nitrogen and oxygen atoms in total. The molecule has 0 fully saturated rings. The largest absolute Gasteiger partial charge is 0.275 e. The fraction of sp³-hybridized carbons (Fsp3) is 0. The van der Waals surface area contributed by atoms with Gasteiger partial charge in [0.15, 0.2) is 11.6 Å². The Kier molecular flexibility index (Phi) is 2.02. The van der Waals surface area contributed by atoms with Crippen LogP contribution in [-0.2, 0) is 0 Å². The normalized spacial score (nSPS) is 10.1. The third kappa shape index (κ3) is 1.49. The molecule has 0 aliphatic rings. The van der Waals surface area contributed by atoms with E-state index in [1.54, 1.807) is 0 Å². The number of halogens is 1. The van der Waals surface area contributed by atoms with Gasteiger partial charge in [0.25, 0.3) is 5.56 Å². The maximum atomic E-state index is 12.5. The predicted molar refractivity (Wildman–Crippen MR) is 45.8 cm³/mol. The van der Waals surface area contributed by atoms with Crippen molar-refractivity contribution < 1.29 is 4.39 Å². The Morgan fingerprint density at radius 1 is 1.29 bits per heavy atom. The van der Waals surface area contributed by atoms with Gasteiger partial charge in [-0.1, -0.05) is 0 Å². The van der Waals surface area contributed by atoms with Gasteiger partial charge in [0.2, 0.25) is 0 Å². The van der Waals surface area contributed by atoms with Gasteiger partial charge >= 0.3 is 0 Å². The van der Waals surface area contributed by atoms with Gasteiger partial charge in [-0.3, -0.25) is 4.79 Å². The molecule has 0 bridgehead atoms. The lowest BCUT2D eigenvalue weighted by atomic mass is 10.3. The van der Waals surface area contributed by atoms with E-state index in [4.69, 9.17) is 0 Å². The predicted octanol–water partition coefficient (Wildman–Crippen LogP) is 0.366. The highest BCUT2D eigenvalue weighted by Crippen LogP contribution is 2.06. The molecule has 2 aromatic heterocycles. The summed E-state index contributed by atoms with van der Waals surface area (Å²) in [5, 5.41) is 5.75. The minimum atomic E-state index is -0.542. The minimum absolute atomic E-state index is 0.176. The van der Waals surface area contributed by atoms with Gasteiger partial charge in [-0.25, -0.2) is 19.5 Å². The Bertz CT molecular complexity index is 493. The van der Waals surface area contributed by atoms with Gasteiger partial charge in [-0.2, -0.15) is 5.10 Å². The van der Waals surface area contributed by atoms with Crippen LogP contribution < -0.4 is 5.56 Å². The number of rotatable bonds is 1. The number of hydrogen-bond acceptors (Lipinski definition) is 4. The molecule has 0 aliphatic heterocycles. The Morgan fingerprint density at radius 2 is 2.00 bits per heavy atom. The first-order valence-corrected chi connectivity index (χ1v) is 3.79. The monoisotopic (exact) mass is 192 g/mol. The lowest BCUT2D eigenvalue weighted by molar-refractivity contribution is 0.614. The van der Waals surface area contributed by atoms with Crippen molar-refractivity contribution in [2.75, 3.05) is 0 Å². The molecule has 0 radical (unpaired) electrons. The first kappa shape index (κ1) is 8.49. The van der Waals surface area contributed by atoms with Crippen LogP contribution >= 0.6 is 0 Å². The zero-order valence-corrected chi connectivity index (χ0v) is 6.94. The van der Waals surface area contributed by atoms with Gasteiger partial charge in [0, 0.05) is 6.20 Å². The Morgan fingerprint density at radius 3 is 2.64 bits per heavy atom. The molecule has 2 aromatic rings. The van der Waals surface area contributed by atoms with Crippen LogP contribution in [0.25, 0.3) is 11.4 Å². The van der Waals surface area contributed by atoms with E-state index in [-0.39, 0.29) is 11.4 Å². The number of aromatic nitrogens is 4. The quantitative estimate of drug-likeness (QED) is 0.708. The average Bonchev–Trinajstić information content (AvgIpc) is 2.20. The molecule has 0 atom stereocenters. The van der Waals surface area contributed by atoms with Crippen LogP contribution in [-0.4, -0.2) is 20.2 Å². The second kappa shape index (κ2) is 3.33. The van der Waals surface area contributed by atoms with Crippen LogP contribution in [0.3, 0.4) is 0 Å². The summed E-state index contributed by atoms with van der Waals surface area (Å²) in [6.45, 7) is 0. The van der Waals surface area contributed by atoms with E-state index in [2.05, 4.69) is 20.2 Å². The van der Waals surface area contributed by atoms with Crippen molar-refractivity contribution in [3.05, 3.63) is 40.8 Å². The van der Waals surface area contributed by atoms with Crippen molar-refractivity contribution in [1.29, 1.82) is 0 Å². The molecule has 1 N–H and O–H groups in total. The SMILES string of the molecule is O=c1[nH]nccc1-c1ncc(F)cn1. The summed E-state index contributed by atoms with van der Waals surface area (Å²) < 4.78 is 12.5. The molecular formula is C8H5FN4O. The van der Waals surface area contributed by atoms with E-state index < -0.39 is 11.4 Å². The Hall–Kier alpha value is -2.11. The first-order chi connectivity index (χ1) is 6.77. The zero-order valence-electron chi connectivity index (χ0n) is 6.94. The summed E-state index contributed by atoms with van der Waals surface area (Å²) in [6.07, 6.45) is 3.41. The Balaban J connectivity index is 2.56. The number of nitrogens with one attached hydrogen (secondary N) is 1. The maximum Gasteiger partial charge on any atom is 0.275 e. The van der Waals surface area contributed by atoms with E-state index in [1.807, 2.05) is 0 Å². The van der Waals surface area contributed by atoms with Crippen molar-refractivity contribution >= 4 is 0 Å². The van der Waals surface area contributed by atoms with Crippen molar-refractivity contribution in [3.63, 3.8) is 0 Å². The van der Waals surface area contributed by atoms with Crippen LogP contribution in [0.5, 0.6) is 0 Å². The lowest BCUT2D eigenvalue weighted by Gasteiger charge is -1.96. The second-order valence-corrected chi connectivity index (χ2v) is 2.52. The van der Waals surface area contributed by atoms with Crippen molar-refractivity contribution in [2.24, 2.45) is 0 Å². The fourth-order valence-corrected chi connectivity index (χ4v) is 0.971. The molecule has 0 saturated carbocycles. The van der Waals surface area contributed by atoms with Crippen LogP contribution in [0.4, 0.5) is 4.39 Å². The van der Waals surface area contributed by atoms with Gasteiger partial charge in [-0.05, 0) is 6.07 Å². The first-order valence-electron chi connectivity index (χ1n) is 3.79. The van der Waals surface area contributed by atoms with Crippen LogP contribution in [0.2, 0.25) is 0 Å². The molecule has 0 unspecified atom stereocenters. The summed E-state index contributed by atoms with van der Waals surface area (Å²) in [6, 6.07) is 1.46. The summed E-state index contributed by atoms with van der Waals surface area (Å²) in [5.41, 5.74) is -0.140. The highest BCUT2D eigenvalue weighted by atomic mass is 19.1. The van der Waals surface area contributed by atoms with E-state index in [0.29, 0.717) is 0 Å². The van der Waals surface area contributed by atoms with E-state index >= 15 is 0 Å². The average molecular weight is 192 g/mol. The number of aromatic amines is 1. The molecule has 0 spiro atoms. The number of H-pyrrole nitrogens is 1. The molecule has 14 heavy (non-hydrogen) atoms. The minimum Gasteiger partial charge on any atom is -0.267 e. The standard InChI is InChI=1S/C8H5FN4O/c9-5-3-10-7(11-4-5)6-1-2-12-13-8(6)14/h1-4H,(H,13,14). The van der Waals surface area contributed by atoms with Gasteiger partial charge in [0.05, 0.1) is 18.0 Å². The van der Waals surface area contributed by atoms with Crippen LogP contribution in [0.1, 0.15) is 0 Å². The topological polar surface area (TPSA) is 71.5 Å². The third-order valence-electron chi connectivity index (χ3n) is 1.59. The van der Waals surface area contributed by atoms with E-state index in [9.17, 15) is 9.18 Å². The molecule has 2 rings (SSSR count). The molecule has 2 heterocycles. The van der Waals surface area contributed by atoms with Crippen LogP contribution in [0.15, 0.2) is 29.5 Å². The smallest absolute Gasteiger partial charge is 0.267 e. The lowest BCUT2D eigenvalue weighted by Crippen LogP contribution is -2.11. The summed E-state index contributed by atoms with van der Waals surface area (Å²) in [4.78, 5) is 18.6. The highest BCUT2D eigenvalue weighted by molar-refractivity contribution is 5.51. The zero-order chi connectivity index (χ0) is 9.97. The van der Waals surface area contributed by atoms with E-state index in [0.717, 1.165) is 12.4 Å². The van der Waals surface area contributed by atoms with E-state index in [1.165, 1.54) is 12.3 Å². The molecule has 6 heteroatoms. The molecule has 0 amide bonds. The van der Waals surface area contributed by atoms with Gasteiger partial charge in [0.1, 0.15) is 0 Å². The molecule has 0 aromatic carbocycles. The molecule has 0 aliphatic carbocycles. The second-order valence-electron chi connectivity index (χ2n) is 2.52. The Labute approximate surface area is 77.7 Å². The maximum absolute atomic E-state index is 12.5. The third-order valence-corrected chi connectivity index (χ3v) is 1.59. The fourth-order valence-electron chi connectivity index (χ4n) is 0.971. The van der Waals surface area contributed by atoms with Crippen molar-refractivity contribution in [3.8, 4) is 11.4 Å². The highest BCUT2D eigenvalue weighted by Gasteiger charge is 2.05. The van der Waals surface area contributed by atoms with Gasteiger partial charge in [-0.15, -0.1) is 0 Å². The van der Waals surface area contributed by atoms with Gasteiger partial charge < -0.3 is 0 Å². The van der Waals surface area contributed by atoms with Crippen LogP contribution in [0, 0.1) is 5.82 Å². The summed E-state index contributed by atoms with van der Waals surface area (Å²) >= 11 is 0. The summed E-state index contributed by atoms with van der Waals surface area (Å²) in [7, 11) is 0. The molecule has 70 valence electrons. The molecule has 0 saturated heterocycles.